The molecule has 1 aromatic heterocycles. The zero-order valence-corrected chi connectivity index (χ0v) is 19.8. The van der Waals surface area contributed by atoms with Gasteiger partial charge in [-0.25, -0.2) is 4.98 Å². The van der Waals surface area contributed by atoms with Crippen molar-refractivity contribution >= 4 is 52.0 Å². The second-order valence-corrected chi connectivity index (χ2v) is 7.06. The first-order valence-electron chi connectivity index (χ1n) is 10.0. The monoisotopic (exact) mass is 499 g/mol. The van der Waals surface area contributed by atoms with Gasteiger partial charge in [0.15, 0.2) is 11.5 Å². The minimum Gasteiger partial charge on any atom is -0.508 e. The Kier molecular flexibility index (Phi) is 7.62. The number of aromatic nitrogens is 2. The van der Waals surface area contributed by atoms with Crippen molar-refractivity contribution in [3.63, 3.8) is 0 Å². The Hall–Kier alpha value is -4.51. The predicted octanol–water partition coefficient (Wildman–Crippen LogP) is 5.18. The number of nitro groups is 1. The van der Waals surface area contributed by atoms with Crippen molar-refractivity contribution in [2.45, 2.75) is 0 Å². The molecule has 1 heterocycles. The molecule has 182 valence electrons. The highest BCUT2D eigenvalue weighted by Crippen LogP contribution is 2.40. The normalized spacial score (nSPS) is 10.3. The number of phenols is 1. The Labute approximate surface area is 206 Å². The Morgan fingerprint density at radius 3 is 2.31 bits per heavy atom. The third-order valence-electron chi connectivity index (χ3n) is 5.01. The predicted molar refractivity (Wildman–Crippen MR) is 134 cm³/mol. The number of rotatable bonds is 8. The first-order valence-corrected chi connectivity index (χ1v) is 10.0. The highest BCUT2D eigenvalue weighted by atomic mass is 35.5. The lowest BCUT2D eigenvalue weighted by Crippen LogP contribution is -2.05. The maximum atomic E-state index is 11.6. The average molecular weight is 500 g/mol. The number of nitrogens with one attached hydrogen (secondary N) is 2. The van der Waals surface area contributed by atoms with Gasteiger partial charge >= 0.3 is 5.69 Å². The SMILES string of the molecule is COc1cc(Nc2ncc([N+](=O)[O-])c(Nc3cccc4ccc(O)cc34)n2)cc(OC)c1OC.Cl. The third kappa shape index (κ3) is 5.20. The number of methoxy groups -OCH3 is 3. The van der Waals surface area contributed by atoms with Gasteiger partial charge in [0.25, 0.3) is 0 Å². The van der Waals surface area contributed by atoms with Crippen molar-refractivity contribution in [2.75, 3.05) is 32.0 Å². The topological polar surface area (TPSA) is 141 Å². The number of anilines is 4. The van der Waals surface area contributed by atoms with Crippen LogP contribution in [0.5, 0.6) is 23.0 Å². The Morgan fingerprint density at radius 2 is 1.69 bits per heavy atom. The van der Waals surface area contributed by atoms with Crippen LogP contribution in [0.2, 0.25) is 0 Å². The van der Waals surface area contributed by atoms with Gasteiger partial charge in [-0.3, -0.25) is 10.1 Å². The molecule has 3 N–H and O–H groups in total. The molecule has 0 atom stereocenters. The molecule has 35 heavy (non-hydrogen) atoms. The van der Waals surface area contributed by atoms with Crippen LogP contribution < -0.4 is 24.8 Å². The molecule has 0 bridgehead atoms. The fourth-order valence-electron chi connectivity index (χ4n) is 3.44. The van der Waals surface area contributed by atoms with E-state index in [1.165, 1.54) is 21.3 Å². The maximum Gasteiger partial charge on any atom is 0.329 e. The van der Waals surface area contributed by atoms with E-state index in [9.17, 15) is 15.2 Å². The Balaban J connectivity index is 0.00000342. The molecule has 0 aliphatic heterocycles. The molecule has 0 aliphatic carbocycles. The molecule has 0 saturated carbocycles. The molecule has 12 heteroatoms. The molecule has 3 aromatic carbocycles. The quantitative estimate of drug-likeness (QED) is 0.219. The fraction of sp³-hybridized carbons (Fsp3) is 0.130. The minimum absolute atomic E-state index is 0. The third-order valence-corrected chi connectivity index (χ3v) is 5.01. The molecule has 0 aliphatic rings. The van der Waals surface area contributed by atoms with Crippen LogP contribution in [-0.2, 0) is 0 Å². The molecule has 4 aromatic rings. The molecule has 0 spiro atoms. The van der Waals surface area contributed by atoms with Gasteiger partial charge < -0.3 is 30.0 Å². The summed E-state index contributed by atoms with van der Waals surface area (Å²) >= 11 is 0. The number of ether oxygens (including phenoxy) is 3. The Morgan fingerprint density at radius 1 is 0.971 bits per heavy atom. The molecule has 4 rings (SSSR count). The van der Waals surface area contributed by atoms with Gasteiger partial charge in [-0.1, -0.05) is 18.2 Å². The number of benzene rings is 3. The molecule has 11 nitrogen and oxygen atoms in total. The van der Waals surface area contributed by atoms with Crippen LogP contribution in [0.1, 0.15) is 0 Å². The lowest BCUT2D eigenvalue weighted by molar-refractivity contribution is -0.384. The van der Waals surface area contributed by atoms with E-state index in [4.69, 9.17) is 14.2 Å². The van der Waals surface area contributed by atoms with Crippen molar-refractivity contribution in [1.29, 1.82) is 0 Å². The second kappa shape index (κ2) is 10.6. The van der Waals surface area contributed by atoms with Crippen LogP contribution in [0.4, 0.5) is 28.8 Å². The van der Waals surface area contributed by atoms with E-state index in [1.807, 2.05) is 6.07 Å². The van der Waals surface area contributed by atoms with Gasteiger partial charge in [-0.15, -0.1) is 12.4 Å². The van der Waals surface area contributed by atoms with Crippen LogP contribution in [0, 0.1) is 10.1 Å². The van der Waals surface area contributed by atoms with E-state index in [0.717, 1.165) is 11.6 Å². The fourth-order valence-corrected chi connectivity index (χ4v) is 3.44. The summed E-state index contributed by atoms with van der Waals surface area (Å²) in [7, 11) is 4.48. The van der Waals surface area contributed by atoms with Gasteiger partial charge in [0.05, 0.1) is 26.3 Å². The van der Waals surface area contributed by atoms with Crippen molar-refractivity contribution in [3.8, 4) is 23.0 Å². The van der Waals surface area contributed by atoms with Crippen molar-refractivity contribution < 1.29 is 24.2 Å². The highest BCUT2D eigenvalue weighted by molar-refractivity contribution is 5.96. The zero-order valence-electron chi connectivity index (χ0n) is 18.9. The first kappa shape index (κ1) is 25.1. The van der Waals surface area contributed by atoms with Crippen LogP contribution in [0.3, 0.4) is 0 Å². The number of aromatic hydroxyl groups is 1. The summed E-state index contributed by atoms with van der Waals surface area (Å²) in [5.41, 5.74) is 0.742. The van der Waals surface area contributed by atoms with Crippen molar-refractivity contribution in [1.82, 2.24) is 9.97 Å². The molecule has 0 saturated heterocycles. The van der Waals surface area contributed by atoms with Crippen LogP contribution in [-0.4, -0.2) is 41.3 Å². The zero-order chi connectivity index (χ0) is 24.2. The van der Waals surface area contributed by atoms with Gasteiger partial charge in [0.1, 0.15) is 11.9 Å². The summed E-state index contributed by atoms with van der Waals surface area (Å²) in [6, 6.07) is 13.6. The number of nitrogens with zero attached hydrogens (tertiary/aromatic N) is 3. The van der Waals surface area contributed by atoms with Gasteiger partial charge in [0, 0.05) is 28.9 Å². The van der Waals surface area contributed by atoms with Gasteiger partial charge in [-0.2, -0.15) is 4.98 Å². The number of hydrogen-bond donors (Lipinski definition) is 3. The molecule has 0 unspecified atom stereocenters. The maximum absolute atomic E-state index is 11.6. The van der Waals surface area contributed by atoms with E-state index < -0.39 is 4.92 Å². The van der Waals surface area contributed by atoms with Gasteiger partial charge in [-0.05, 0) is 23.6 Å². The number of halogens is 1. The molecule has 0 radical (unpaired) electrons. The van der Waals surface area contributed by atoms with Crippen LogP contribution in [0.25, 0.3) is 10.8 Å². The lowest BCUT2D eigenvalue weighted by Gasteiger charge is -2.15. The van der Waals surface area contributed by atoms with E-state index in [-0.39, 0.29) is 35.6 Å². The largest absolute Gasteiger partial charge is 0.508 e. The Bertz CT molecular complexity index is 1360. The van der Waals surface area contributed by atoms with Crippen LogP contribution in [0.15, 0.2) is 54.7 Å². The average Bonchev–Trinajstić information content (AvgIpc) is 2.83. The molecule has 0 amide bonds. The molecular formula is C23H22ClN5O6. The van der Waals surface area contributed by atoms with E-state index in [0.29, 0.717) is 34.0 Å². The minimum atomic E-state index is -0.575. The summed E-state index contributed by atoms with van der Waals surface area (Å²) in [5.74, 6) is 1.40. The number of hydrogen-bond acceptors (Lipinski definition) is 10. The molecular weight excluding hydrogens is 478 g/mol. The summed E-state index contributed by atoms with van der Waals surface area (Å²) < 4.78 is 16.0. The summed E-state index contributed by atoms with van der Waals surface area (Å²) in [5, 5.41) is 29.0. The first-order chi connectivity index (χ1) is 16.4. The van der Waals surface area contributed by atoms with Gasteiger partial charge in [0.2, 0.25) is 17.5 Å². The standard InChI is InChI=1S/C23H21N5O6.ClH/c1-32-19-9-14(10-20(33-2)21(19)34-3)25-23-24-12-18(28(30)31)22(27-23)26-17-6-4-5-13-7-8-15(29)11-16(13)17;/h4-12,29H,1-3H3,(H2,24,25,26,27);1H. The summed E-state index contributed by atoms with van der Waals surface area (Å²) in [6.07, 6.45) is 1.11. The van der Waals surface area contributed by atoms with E-state index in [1.54, 1.807) is 42.5 Å². The number of phenolic OH excluding ortho intramolecular Hbond substituents is 1. The van der Waals surface area contributed by atoms with E-state index in [2.05, 4.69) is 20.6 Å². The summed E-state index contributed by atoms with van der Waals surface area (Å²) in [4.78, 5) is 19.4. The van der Waals surface area contributed by atoms with E-state index >= 15 is 0 Å². The lowest BCUT2D eigenvalue weighted by atomic mass is 10.1. The smallest absolute Gasteiger partial charge is 0.329 e. The highest BCUT2D eigenvalue weighted by Gasteiger charge is 2.20. The van der Waals surface area contributed by atoms with Crippen LogP contribution >= 0.6 is 12.4 Å². The second-order valence-electron chi connectivity index (χ2n) is 7.06. The number of fused-ring (bicyclic) bond motifs is 1. The van der Waals surface area contributed by atoms with Crippen molar-refractivity contribution in [3.05, 3.63) is 64.8 Å². The summed E-state index contributed by atoms with van der Waals surface area (Å²) in [6.45, 7) is 0. The van der Waals surface area contributed by atoms with Crippen molar-refractivity contribution in [2.24, 2.45) is 0 Å². The molecule has 0 fully saturated rings.